The van der Waals surface area contributed by atoms with Crippen molar-refractivity contribution in [2.75, 3.05) is 36.3 Å². The van der Waals surface area contributed by atoms with Gasteiger partial charge in [-0.1, -0.05) is 6.58 Å². The molecule has 0 saturated heterocycles. The molecule has 5 N–H and O–H groups in total. The second-order valence-electron chi connectivity index (χ2n) is 8.28. The Kier molecular flexibility index (Phi) is 9.85. The average Bonchev–Trinajstić information content (AvgIpc) is 2.96. The summed E-state index contributed by atoms with van der Waals surface area (Å²) < 4.78 is 20.5. The molecule has 212 valence electrons. The monoisotopic (exact) mass is 560 g/mol. The molecule has 13 nitrogen and oxygen atoms in total. The molecule has 0 fully saturated rings. The van der Waals surface area contributed by atoms with Crippen LogP contribution in [0, 0.1) is 0 Å². The lowest BCUT2D eigenvalue weighted by atomic mass is 10.3. The van der Waals surface area contributed by atoms with Crippen molar-refractivity contribution in [3.05, 3.63) is 84.9 Å². The molecule has 0 spiro atoms. The molecule has 0 unspecified atom stereocenters. The van der Waals surface area contributed by atoms with Gasteiger partial charge in [-0.2, -0.15) is 15.0 Å². The second-order valence-corrected chi connectivity index (χ2v) is 8.28. The van der Waals surface area contributed by atoms with Gasteiger partial charge in [-0.3, -0.25) is 0 Å². The fraction of sp³-hybridized carbons (Fsp3) is 0.143. The Morgan fingerprint density at radius 1 is 0.659 bits per heavy atom. The Morgan fingerprint density at radius 3 is 1.32 bits per heavy atom. The Labute approximate surface area is 235 Å². The number of anilines is 6. The molecule has 1 aromatic heterocycles. The summed E-state index contributed by atoms with van der Waals surface area (Å²) in [5, 5.41) is 27.3. The summed E-state index contributed by atoms with van der Waals surface area (Å²) in [6.45, 7) is 3.99. The highest BCUT2D eigenvalue weighted by molar-refractivity contribution is 5.86. The summed E-state index contributed by atoms with van der Waals surface area (Å²) in [4.78, 5) is 24.9. The largest absolute Gasteiger partial charge is 0.468 e. The minimum atomic E-state index is -0.532. The number of esters is 1. The van der Waals surface area contributed by atoms with E-state index in [1.54, 1.807) is 79.7 Å². The van der Waals surface area contributed by atoms with E-state index < -0.39 is 19.6 Å². The number of carbonyl (C=O) groups is 1. The molecule has 0 aliphatic rings. The van der Waals surface area contributed by atoms with E-state index in [1.807, 2.05) is 0 Å². The first kappa shape index (κ1) is 28.6. The molecule has 3 aromatic carbocycles. The summed E-state index contributed by atoms with van der Waals surface area (Å²) in [7, 11) is 0. The molecule has 0 amide bonds. The summed E-state index contributed by atoms with van der Waals surface area (Å²) >= 11 is 0. The topological polar surface area (TPSA) is 169 Å². The fourth-order valence-electron chi connectivity index (χ4n) is 3.26. The van der Waals surface area contributed by atoms with Crippen LogP contribution in [0.25, 0.3) is 0 Å². The fourth-order valence-corrected chi connectivity index (χ4v) is 3.26. The van der Waals surface area contributed by atoms with E-state index in [9.17, 15) is 4.79 Å². The van der Waals surface area contributed by atoms with E-state index in [2.05, 4.69) is 37.5 Å². The zero-order valence-electron chi connectivity index (χ0n) is 22.0. The normalized spacial score (nSPS) is 10.3. The Balaban J connectivity index is 1.50. The predicted molar refractivity (Wildman–Crippen MR) is 151 cm³/mol. The molecule has 1 heterocycles. The zero-order chi connectivity index (χ0) is 29.0. The number of rotatable bonds is 14. The van der Waals surface area contributed by atoms with Crippen molar-refractivity contribution >= 4 is 40.9 Å². The second kappa shape index (κ2) is 14.1. The van der Waals surface area contributed by atoms with Crippen LogP contribution in [-0.4, -0.2) is 51.5 Å². The third-order valence-electron chi connectivity index (χ3n) is 5.19. The Hall–Kier alpha value is -5.40. The molecule has 0 atom stereocenters. The SMILES string of the molecule is C=C(C)C(=O)OCOc1ccc(Nc2nc(Nc3ccc(OCO)cc3)nc(Nc3ccc(OCO)cc3)n2)cc1. The van der Waals surface area contributed by atoms with Gasteiger partial charge in [-0.25, -0.2) is 4.79 Å². The maximum absolute atomic E-state index is 11.5. The number of ether oxygens (including phenoxy) is 4. The first-order valence-electron chi connectivity index (χ1n) is 12.2. The van der Waals surface area contributed by atoms with E-state index >= 15 is 0 Å². The molecule has 0 bridgehead atoms. The number of aromatic nitrogens is 3. The Bertz CT molecular complexity index is 1380. The summed E-state index contributed by atoms with van der Waals surface area (Å²) in [5.74, 6) is 1.72. The van der Waals surface area contributed by atoms with Crippen LogP contribution in [0.2, 0.25) is 0 Å². The third kappa shape index (κ3) is 8.81. The maximum atomic E-state index is 11.5. The minimum Gasteiger partial charge on any atom is -0.468 e. The number of hydrogen-bond acceptors (Lipinski definition) is 13. The first-order valence-corrected chi connectivity index (χ1v) is 12.2. The van der Waals surface area contributed by atoms with Crippen LogP contribution in [0.5, 0.6) is 17.2 Å². The van der Waals surface area contributed by atoms with Gasteiger partial charge < -0.3 is 45.1 Å². The standard InChI is InChI=1S/C28H28N6O7/c1-18(2)25(37)41-17-40-24-13-7-21(8-14-24)31-28-33-26(29-19-3-9-22(10-4-19)38-15-35)32-27(34-28)30-20-5-11-23(12-6-20)39-16-36/h3-14,35-36H,1,15-17H2,2H3,(H3,29,30,31,32,33,34). The van der Waals surface area contributed by atoms with Crippen molar-refractivity contribution < 1.29 is 34.0 Å². The smallest absolute Gasteiger partial charge is 0.335 e. The highest BCUT2D eigenvalue weighted by Crippen LogP contribution is 2.24. The Morgan fingerprint density at radius 2 is 1.00 bits per heavy atom. The van der Waals surface area contributed by atoms with Gasteiger partial charge in [0.15, 0.2) is 13.6 Å². The van der Waals surface area contributed by atoms with E-state index in [0.717, 1.165) is 0 Å². The number of hydrogen-bond donors (Lipinski definition) is 5. The van der Waals surface area contributed by atoms with Gasteiger partial charge in [-0.15, -0.1) is 0 Å². The van der Waals surface area contributed by atoms with E-state index in [1.165, 1.54) is 0 Å². The van der Waals surface area contributed by atoms with Crippen LogP contribution in [-0.2, 0) is 9.53 Å². The summed E-state index contributed by atoms with van der Waals surface area (Å²) in [5.41, 5.74) is 2.31. The van der Waals surface area contributed by atoms with E-state index in [4.69, 9.17) is 29.2 Å². The number of benzene rings is 3. The molecule has 0 aliphatic carbocycles. The molecule has 4 rings (SSSR count). The number of nitrogens with one attached hydrogen (secondary N) is 3. The molecular formula is C28H28N6O7. The van der Waals surface area contributed by atoms with E-state index in [0.29, 0.717) is 34.3 Å². The maximum Gasteiger partial charge on any atom is 0.335 e. The average molecular weight is 561 g/mol. The highest BCUT2D eigenvalue weighted by Gasteiger charge is 2.10. The van der Waals surface area contributed by atoms with Gasteiger partial charge in [0.25, 0.3) is 0 Å². The van der Waals surface area contributed by atoms with Crippen molar-refractivity contribution in [2.45, 2.75) is 6.92 Å². The van der Waals surface area contributed by atoms with Gasteiger partial charge in [0.2, 0.25) is 24.6 Å². The molecule has 13 heteroatoms. The number of nitrogens with zero attached hydrogens (tertiary/aromatic N) is 3. The van der Waals surface area contributed by atoms with Crippen LogP contribution < -0.4 is 30.2 Å². The highest BCUT2D eigenvalue weighted by atomic mass is 16.7. The lowest BCUT2D eigenvalue weighted by Gasteiger charge is -2.13. The van der Waals surface area contributed by atoms with Gasteiger partial charge in [0.05, 0.1) is 0 Å². The van der Waals surface area contributed by atoms with Crippen LogP contribution in [0.1, 0.15) is 6.92 Å². The van der Waals surface area contributed by atoms with Crippen molar-refractivity contribution in [3.8, 4) is 17.2 Å². The van der Waals surface area contributed by atoms with Crippen molar-refractivity contribution in [3.63, 3.8) is 0 Å². The van der Waals surface area contributed by atoms with Gasteiger partial charge in [0, 0.05) is 22.6 Å². The van der Waals surface area contributed by atoms with Crippen LogP contribution in [0.15, 0.2) is 84.9 Å². The van der Waals surface area contributed by atoms with Gasteiger partial charge >= 0.3 is 5.97 Å². The molecule has 4 aromatic rings. The number of carbonyl (C=O) groups excluding carboxylic acids is 1. The molecule has 0 aliphatic heterocycles. The van der Waals surface area contributed by atoms with Crippen LogP contribution >= 0.6 is 0 Å². The number of aliphatic hydroxyl groups is 2. The molecule has 0 saturated carbocycles. The van der Waals surface area contributed by atoms with Crippen LogP contribution in [0.3, 0.4) is 0 Å². The van der Waals surface area contributed by atoms with Crippen molar-refractivity contribution in [1.82, 2.24) is 15.0 Å². The van der Waals surface area contributed by atoms with Crippen molar-refractivity contribution in [2.24, 2.45) is 0 Å². The molecule has 0 radical (unpaired) electrons. The lowest BCUT2D eigenvalue weighted by Crippen LogP contribution is -2.10. The first-order chi connectivity index (χ1) is 19.9. The molecular weight excluding hydrogens is 532 g/mol. The summed E-state index contributed by atoms with van der Waals surface area (Å²) in [6.07, 6.45) is 0. The van der Waals surface area contributed by atoms with Crippen molar-refractivity contribution in [1.29, 1.82) is 0 Å². The quantitative estimate of drug-likeness (QED) is 0.0845. The predicted octanol–water partition coefficient (Wildman–Crippen LogP) is 4.22. The minimum absolute atomic E-state index is 0.240. The molecule has 41 heavy (non-hydrogen) atoms. The van der Waals surface area contributed by atoms with Gasteiger partial charge in [-0.05, 0) is 79.7 Å². The number of aliphatic hydroxyl groups excluding tert-OH is 2. The van der Waals surface area contributed by atoms with Gasteiger partial charge in [0.1, 0.15) is 17.2 Å². The lowest BCUT2D eigenvalue weighted by molar-refractivity contribution is -0.145. The zero-order valence-corrected chi connectivity index (χ0v) is 22.0. The van der Waals surface area contributed by atoms with E-state index in [-0.39, 0.29) is 30.2 Å². The van der Waals surface area contributed by atoms with Crippen LogP contribution in [0.4, 0.5) is 34.9 Å². The third-order valence-corrected chi connectivity index (χ3v) is 5.19. The summed E-state index contributed by atoms with van der Waals surface area (Å²) in [6, 6.07) is 20.7.